The van der Waals surface area contributed by atoms with Gasteiger partial charge < -0.3 is 20.3 Å². The number of aromatic nitrogens is 1. The Hall–Kier alpha value is -2.85. The first-order valence-electron chi connectivity index (χ1n) is 9.65. The monoisotopic (exact) mass is 434 g/mol. The third kappa shape index (κ3) is 6.33. The second kappa shape index (κ2) is 10.8. The van der Waals surface area contributed by atoms with Crippen LogP contribution in [0.15, 0.2) is 35.8 Å². The number of anilines is 2. The predicted molar refractivity (Wildman–Crippen MR) is 111 cm³/mol. The molecule has 1 atom stereocenters. The molecule has 30 heavy (non-hydrogen) atoms. The van der Waals surface area contributed by atoms with Gasteiger partial charge in [-0.3, -0.25) is 14.4 Å². The number of hydrogen-bond acceptors (Lipinski definition) is 6. The first kappa shape index (κ1) is 21.8. The highest BCUT2D eigenvalue weighted by atomic mass is 32.1. The summed E-state index contributed by atoms with van der Waals surface area (Å²) in [5, 5.41) is 7.47. The maximum Gasteiger partial charge on any atom is 0.240 e. The van der Waals surface area contributed by atoms with E-state index in [1.54, 1.807) is 17.6 Å². The van der Waals surface area contributed by atoms with E-state index in [2.05, 4.69) is 15.6 Å². The summed E-state index contributed by atoms with van der Waals surface area (Å²) in [6.45, 7) is 0.665. The third-order valence-electron chi connectivity index (χ3n) is 4.54. The van der Waals surface area contributed by atoms with Crippen molar-refractivity contribution in [2.45, 2.75) is 31.8 Å². The summed E-state index contributed by atoms with van der Waals surface area (Å²) in [6, 6.07) is 5.73. The van der Waals surface area contributed by atoms with Crippen molar-refractivity contribution in [3.63, 3.8) is 0 Å². The van der Waals surface area contributed by atoms with Crippen LogP contribution in [0.5, 0.6) is 0 Å². The smallest absolute Gasteiger partial charge is 0.240 e. The van der Waals surface area contributed by atoms with Crippen molar-refractivity contribution in [2.75, 3.05) is 29.9 Å². The number of carbonyl (C=O) groups excluding carboxylic acids is 3. The standard InChI is InChI=1S/C20H23FN4O4S/c21-15-5-1-2-6-16(15)25(13-18(27)23-12-14-4-3-10-29-14)19(28)8-7-17(26)24-20-22-9-11-30-20/h1-2,5-6,9,11,14H,3-4,7-8,10,12-13H2,(H,23,27)(H,22,24,26)/t14-/m1/s1. The van der Waals surface area contributed by atoms with Crippen LogP contribution in [0.25, 0.3) is 0 Å². The Morgan fingerprint density at radius 3 is 2.77 bits per heavy atom. The molecule has 160 valence electrons. The molecule has 3 amide bonds. The molecule has 1 saturated heterocycles. The lowest BCUT2D eigenvalue weighted by Gasteiger charge is -2.23. The molecule has 1 aromatic carbocycles. The zero-order valence-electron chi connectivity index (χ0n) is 16.3. The van der Waals surface area contributed by atoms with Crippen LogP contribution in [0.4, 0.5) is 15.2 Å². The SMILES string of the molecule is O=C(CN(C(=O)CCC(=O)Nc1nccs1)c1ccccc1F)NC[C@H]1CCCO1. The minimum atomic E-state index is -0.620. The van der Waals surface area contributed by atoms with Crippen molar-refractivity contribution in [1.29, 1.82) is 0 Å². The van der Waals surface area contributed by atoms with Crippen molar-refractivity contribution in [3.05, 3.63) is 41.7 Å². The van der Waals surface area contributed by atoms with Gasteiger partial charge in [0.05, 0.1) is 11.8 Å². The van der Waals surface area contributed by atoms with Crippen molar-refractivity contribution in [1.82, 2.24) is 10.3 Å². The quantitative estimate of drug-likeness (QED) is 0.631. The zero-order valence-corrected chi connectivity index (χ0v) is 17.1. The van der Waals surface area contributed by atoms with Crippen LogP contribution in [0.1, 0.15) is 25.7 Å². The van der Waals surface area contributed by atoms with Gasteiger partial charge in [0.2, 0.25) is 17.7 Å². The second-order valence-electron chi connectivity index (χ2n) is 6.76. The molecule has 8 nitrogen and oxygen atoms in total. The van der Waals surface area contributed by atoms with Crippen LogP contribution >= 0.6 is 11.3 Å². The summed E-state index contributed by atoms with van der Waals surface area (Å²) in [5.41, 5.74) is -0.00454. The normalized spacial score (nSPS) is 15.6. The second-order valence-corrected chi connectivity index (χ2v) is 7.65. The average Bonchev–Trinajstić information content (AvgIpc) is 3.43. The van der Waals surface area contributed by atoms with Gasteiger partial charge in [-0.1, -0.05) is 12.1 Å². The maximum absolute atomic E-state index is 14.3. The Morgan fingerprint density at radius 1 is 1.23 bits per heavy atom. The van der Waals surface area contributed by atoms with Gasteiger partial charge in [-0.05, 0) is 25.0 Å². The van der Waals surface area contributed by atoms with Crippen LogP contribution < -0.4 is 15.5 Å². The lowest BCUT2D eigenvalue weighted by Crippen LogP contribution is -2.43. The number of para-hydroxylation sites is 1. The fourth-order valence-electron chi connectivity index (χ4n) is 3.03. The van der Waals surface area contributed by atoms with Gasteiger partial charge in [0.15, 0.2) is 5.13 Å². The molecule has 0 bridgehead atoms. The maximum atomic E-state index is 14.3. The van der Waals surface area contributed by atoms with E-state index >= 15 is 0 Å². The molecule has 2 heterocycles. The molecule has 2 N–H and O–H groups in total. The van der Waals surface area contributed by atoms with E-state index in [1.165, 1.54) is 29.5 Å². The summed E-state index contributed by atoms with van der Waals surface area (Å²) in [7, 11) is 0. The van der Waals surface area contributed by atoms with E-state index in [1.807, 2.05) is 0 Å². The largest absolute Gasteiger partial charge is 0.376 e. The zero-order chi connectivity index (χ0) is 21.3. The predicted octanol–water partition coefficient (Wildman–Crippen LogP) is 2.33. The topological polar surface area (TPSA) is 101 Å². The van der Waals surface area contributed by atoms with Crippen LogP contribution in [0.3, 0.4) is 0 Å². The molecule has 1 aliphatic heterocycles. The molecule has 1 aromatic heterocycles. The summed E-state index contributed by atoms with van der Waals surface area (Å²) in [4.78, 5) is 42.2. The van der Waals surface area contributed by atoms with E-state index < -0.39 is 17.6 Å². The first-order chi connectivity index (χ1) is 14.5. The minimum absolute atomic E-state index is 0.00454. The summed E-state index contributed by atoms with van der Waals surface area (Å²) >= 11 is 1.26. The Morgan fingerprint density at radius 2 is 2.07 bits per heavy atom. The van der Waals surface area contributed by atoms with Gasteiger partial charge in [-0.2, -0.15) is 0 Å². The molecule has 1 aliphatic rings. The molecule has 0 aliphatic carbocycles. The molecule has 0 spiro atoms. The van der Waals surface area contributed by atoms with E-state index in [-0.39, 0.29) is 37.1 Å². The number of amides is 3. The third-order valence-corrected chi connectivity index (χ3v) is 5.23. The average molecular weight is 434 g/mol. The van der Waals surface area contributed by atoms with Crippen molar-refractivity contribution in [3.8, 4) is 0 Å². The van der Waals surface area contributed by atoms with Crippen molar-refractivity contribution >= 4 is 39.9 Å². The van der Waals surface area contributed by atoms with Crippen LogP contribution in [0, 0.1) is 5.82 Å². The number of nitrogens with one attached hydrogen (secondary N) is 2. The molecule has 3 rings (SSSR count). The van der Waals surface area contributed by atoms with Gasteiger partial charge in [-0.25, -0.2) is 9.37 Å². The van der Waals surface area contributed by atoms with E-state index in [9.17, 15) is 18.8 Å². The van der Waals surface area contributed by atoms with Crippen LogP contribution in [-0.4, -0.2) is 48.5 Å². The Bertz CT molecular complexity index is 871. The highest BCUT2D eigenvalue weighted by molar-refractivity contribution is 7.13. The lowest BCUT2D eigenvalue weighted by atomic mass is 10.2. The molecule has 1 fully saturated rings. The number of nitrogens with zero attached hydrogens (tertiary/aromatic N) is 2. The highest BCUT2D eigenvalue weighted by Gasteiger charge is 2.23. The van der Waals surface area contributed by atoms with Crippen LogP contribution in [-0.2, 0) is 19.1 Å². The number of thiazole rings is 1. The van der Waals surface area contributed by atoms with Gasteiger partial charge in [0, 0.05) is 37.6 Å². The number of rotatable bonds is 9. The number of carbonyl (C=O) groups is 3. The minimum Gasteiger partial charge on any atom is -0.376 e. The number of ether oxygens (including phenoxy) is 1. The van der Waals surface area contributed by atoms with Gasteiger partial charge in [-0.15, -0.1) is 11.3 Å². The number of benzene rings is 1. The summed E-state index contributed by atoms with van der Waals surface area (Å²) in [5.74, 6) is -1.95. The fourth-order valence-corrected chi connectivity index (χ4v) is 3.58. The number of hydrogen-bond donors (Lipinski definition) is 2. The molecule has 10 heteroatoms. The first-order valence-corrected chi connectivity index (χ1v) is 10.5. The van der Waals surface area contributed by atoms with Gasteiger partial charge in [0.25, 0.3) is 0 Å². The van der Waals surface area contributed by atoms with Gasteiger partial charge >= 0.3 is 0 Å². The molecule has 0 saturated carbocycles. The van der Waals surface area contributed by atoms with E-state index in [0.717, 1.165) is 17.7 Å². The summed E-state index contributed by atoms with van der Waals surface area (Å²) < 4.78 is 19.8. The van der Waals surface area contributed by atoms with Crippen molar-refractivity contribution < 1.29 is 23.5 Å². The molecular weight excluding hydrogens is 411 g/mol. The van der Waals surface area contributed by atoms with E-state index in [4.69, 9.17) is 4.74 Å². The van der Waals surface area contributed by atoms with Crippen LogP contribution in [0.2, 0.25) is 0 Å². The summed E-state index contributed by atoms with van der Waals surface area (Å²) in [6.07, 6.45) is 3.04. The molecular formula is C20H23FN4O4S. The Labute approximate surface area is 177 Å². The molecule has 0 radical (unpaired) electrons. The van der Waals surface area contributed by atoms with Crippen molar-refractivity contribution in [2.24, 2.45) is 0 Å². The fraction of sp³-hybridized carbons (Fsp3) is 0.400. The Balaban J connectivity index is 1.60. The van der Waals surface area contributed by atoms with Gasteiger partial charge in [0.1, 0.15) is 12.4 Å². The molecule has 2 aromatic rings. The number of halogens is 1. The highest BCUT2D eigenvalue weighted by Crippen LogP contribution is 2.20. The Kier molecular flexibility index (Phi) is 7.86. The molecule has 0 unspecified atom stereocenters. The van der Waals surface area contributed by atoms with E-state index in [0.29, 0.717) is 18.3 Å². The lowest BCUT2D eigenvalue weighted by molar-refractivity contribution is -0.125.